The zero-order valence-corrected chi connectivity index (χ0v) is 10.3. The predicted molar refractivity (Wildman–Crippen MR) is 69.4 cm³/mol. The van der Waals surface area contributed by atoms with Crippen molar-refractivity contribution in [1.82, 2.24) is 0 Å². The molecule has 0 aromatic heterocycles. The highest BCUT2D eigenvalue weighted by molar-refractivity contribution is 5.12. The first-order valence-corrected chi connectivity index (χ1v) is 6.91. The van der Waals surface area contributed by atoms with E-state index in [2.05, 4.69) is 18.2 Å². The standard InChI is InChI=1S/C16H23/c1-3-9-15(10-4-1)13-7-8-14-16-11-5-2-6-12-16/h1,3-4,9,16H,2,5-8,11-14H2. The van der Waals surface area contributed by atoms with Crippen molar-refractivity contribution in [3.8, 4) is 0 Å². The summed E-state index contributed by atoms with van der Waals surface area (Å²) in [6.45, 7) is 0. The largest absolute Gasteiger partial charge is 0.0620 e. The molecule has 1 aromatic carbocycles. The summed E-state index contributed by atoms with van der Waals surface area (Å²) in [5, 5.41) is 0. The number of aryl methyl sites for hydroxylation is 1. The summed E-state index contributed by atoms with van der Waals surface area (Å²) in [5.41, 5.74) is 1.38. The second kappa shape index (κ2) is 6.73. The molecule has 87 valence electrons. The SMILES string of the molecule is [c]1ccccc1CCCCC1CCCCC1. The maximum absolute atomic E-state index is 3.31. The Morgan fingerprint density at radius 1 is 1.06 bits per heavy atom. The summed E-state index contributed by atoms with van der Waals surface area (Å²) in [5.74, 6) is 1.05. The Balaban J connectivity index is 1.58. The minimum atomic E-state index is 1.05. The molecule has 1 aliphatic rings. The van der Waals surface area contributed by atoms with Gasteiger partial charge >= 0.3 is 0 Å². The molecule has 0 N–H and O–H groups in total. The van der Waals surface area contributed by atoms with Gasteiger partial charge in [0.15, 0.2) is 0 Å². The summed E-state index contributed by atoms with van der Waals surface area (Å²) < 4.78 is 0. The van der Waals surface area contributed by atoms with Crippen molar-refractivity contribution in [2.24, 2.45) is 5.92 Å². The van der Waals surface area contributed by atoms with E-state index in [1.54, 1.807) is 0 Å². The zero-order chi connectivity index (χ0) is 11.1. The maximum atomic E-state index is 3.31. The molecular formula is C16H23. The Morgan fingerprint density at radius 3 is 2.69 bits per heavy atom. The Hall–Kier alpha value is -0.780. The molecular weight excluding hydrogens is 192 g/mol. The molecule has 0 unspecified atom stereocenters. The summed E-state index contributed by atoms with van der Waals surface area (Å²) in [6.07, 6.45) is 12.9. The molecule has 0 aliphatic heterocycles. The molecule has 0 bridgehead atoms. The van der Waals surface area contributed by atoms with Crippen LogP contribution in [0.4, 0.5) is 0 Å². The lowest BCUT2D eigenvalue weighted by atomic mass is 9.85. The van der Waals surface area contributed by atoms with Gasteiger partial charge < -0.3 is 0 Å². The second-order valence-corrected chi connectivity index (χ2v) is 5.14. The predicted octanol–water partition coefficient (Wildman–Crippen LogP) is 4.78. The third kappa shape index (κ3) is 4.00. The minimum Gasteiger partial charge on any atom is -0.0620 e. The highest BCUT2D eigenvalue weighted by Gasteiger charge is 2.12. The molecule has 16 heavy (non-hydrogen) atoms. The quantitative estimate of drug-likeness (QED) is 0.620. The van der Waals surface area contributed by atoms with Gasteiger partial charge in [0.1, 0.15) is 0 Å². The van der Waals surface area contributed by atoms with Crippen molar-refractivity contribution in [2.75, 3.05) is 0 Å². The van der Waals surface area contributed by atoms with E-state index in [1.807, 2.05) is 12.1 Å². The fraction of sp³-hybridized carbons (Fsp3) is 0.625. The van der Waals surface area contributed by atoms with E-state index in [4.69, 9.17) is 0 Å². The molecule has 1 saturated carbocycles. The Morgan fingerprint density at radius 2 is 1.94 bits per heavy atom. The van der Waals surface area contributed by atoms with E-state index in [-0.39, 0.29) is 0 Å². The number of hydrogen-bond acceptors (Lipinski definition) is 0. The first-order valence-electron chi connectivity index (χ1n) is 6.91. The average molecular weight is 215 g/mol. The van der Waals surface area contributed by atoms with Crippen molar-refractivity contribution in [3.05, 3.63) is 35.9 Å². The molecule has 0 heteroatoms. The van der Waals surface area contributed by atoms with Crippen LogP contribution in [0.1, 0.15) is 56.9 Å². The molecule has 0 spiro atoms. The van der Waals surface area contributed by atoms with Gasteiger partial charge in [0.2, 0.25) is 0 Å². The third-order valence-corrected chi connectivity index (χ3v) is 3.81. The van der Waals surface area contributed by atoms with Gasteiger partial charge in [-0.3, -0.25) is 0 Å². The van der Waals surface area contributed by atoms with Crippen LogP contribution in [0.2, 0.25) is 0 Å². The second-order valence-electron chi connectivity index (χ2n) is 5.14. The van der Waals surface area contributed by atoms with Crippen LogP contribution in [0.3, 0.4) is 0 Å². The summed E-state index contributed by atoms with van der Waals surface area (Å²) in [7, 11) is 0. The van der Waals surface area contributed by atoms with Crippen molar-refractivity contribution >= 4 is 0 Å². The van der Waals surface area contributed by atoms with Crippen LogP contribution in [0.5, 0.6) is 0 Å². The van der Waals surface area contributed by atoms with Crippen LogP contribution in [0, 0.1) is 12.0 Å². The van der Waals surface area contributed by atoms with Gasteiger partial charge in [-0.05, 0) is 30.4 Å². The van der Waals surface area contributed by atoms with Crippen LogP contribution in [0.15, 0.2) is 24.3 Å². The number of hydrogen-bond donors (Lipinski definition) is 0. The summed E-state index contributed by atoms with van der Waals surface area (Å²) in [4.78, 5) is 0. The Kier molecular flexibility index (Phi) is 4.92. The van der Waals surface area contributed by atoms with E-state index in [9.17, 15) is 0 Å². The van der Waals surface area contributed by atoms with Crippen molar-refractivity contribution in [3.63, 3.8) is 0 Å². The van der Waals surface area contributed by atoms with E-state index in [1.165, 1.54) is 63.4 Å². The lowest BCUT2D eigenvalue weighted by molar-refractivity contribution is 0.330. The van der Waals surface area contributed by atoms with Crippen molar-refractivity contribution < 1.29 is 0 Å². The molecule has 0 heterocycles. The number of rotatable bonds is 5. The van der Waals surface area contributed by atoms with Crippen molar-refractivity contribution in [1.29, 1.82) is 0 Å². The van der Waals surface area contributed by atoms with Crippen molar-refractivity contribution in [2.45, 2.75) is 57.8 Å². The van der Waals surface area contributed by atoms with Crippen LogP contribution < -0.4 is 0 Å². The molecule has 1 radical (unpaired) electrons. The number of unbranched alkanes of at least 4 members (excludes halogenated alkanes) is 1. The zero-order valence-electron chi connectivity index (χ0n) is 10.3. The summed E-state index contributed by atoms with van der Waals surface area (Å²) >= 11 is 0. The summed E-state index contributed by atoms with van der Waals surface area (Å²) in [6, 6.07) is 11.7. The van der Waals surface area contributed by atoms with Gasteiger partial charge in [-0.25, -0.2) is 0 Å². The lowest BCUT2D eigenvalue weighted by Gasteiger charge is -2.21. The monoisotopic (exact) mass is 215 g/mol. The molecule has 0 nitrogen and oxygen atoms in total. The molecule has 1 aromatic rings. The fourth-order valence-corrected chi connectivity index (χ4v) is 2.81. The van der Waals surface area contributed by atoms with Gasteiger partial charge in [0, 0.05) is 0 Å². The van der Waals surface area contributed by atoms with Crippen LogP contribution in [-0.4, -0.2) is 0 Å². The van der Waals surface area contributed by atoms with Gasteiger partial charge in [-0.1, -0.05) is 69.2 Å². The normalized spacial score (nSPS) is 17.5. The molecule has 0 saturated heterocycles. The molecule has 0 atom stereocenters. The third-order valence-electron chi connectivity index (χ3n) is 3.81. The van der Waals surface area contributed by atoms with Gasteiger partial charge in [0.25, 0.3) is 0 Å². The average Bonchev–Trinajstić information content (AvgIpc) is 2.37. The van der Waals surface area contributed by atoms with E-state index >= 15 is 0 Å². The highest BCUT2D eigenvalue weighted by atomic mass is 14.2. The smallest absolute Gasteiger partial charge is 0.0149 e. The molecule has 1 fully saturated rings. The van der Waals surface area contributed by atoms with E-state index in [0.717, 1.165) is 5.92 Å². The molecule has 2 rings (SSSR count). The van der Waals surface area contributed by atoms with Gasteiger partial charge in [-0.15, -0.1) is 0 Å². The molecule has 1 aliphatic carbocycles. The Bertz CT molecular complexity index is 269. The number of benzene rings is 1. The highest BCUT2D eigenvalue weighted by Crippen LogP contribution is 2.27. The Labute approximate surface area is 100 Å². The van der Waals surface area contributed by atoms with Crippen LogP contribution >= 0.6 is 0 Å². The van der Waals surface area contributed by atoms with Crippen LogP contribution in [0.25, 0.3) is 0 Å². The maximum Gasteiger partial charge on any atom is -0.0149 e. The minimum absolute atomic E-state index is 1.05. The first-order chi connectivity index (χ1) is 7.95. The van der Waals surface area contributed by atoms with E-state index < -0.39 is 0 Å². The lowest BCUT2D eigenvalue weighted by Crippen LogP contribution is -2.05. The first kappa shape index (κ1) is 11.7. The van der Waals surface area contributed by atoms with E-state index in [0.29, 0.717) is 0 Å². The van der Waals surface area contributed by atoms with Gasteiger partial charge in [0.05, 0.1) is 0 Å². The molecule has 0 amide bonds. The van der Waals surface area contributed by atoms with Crippen LogP contribution in [-0.2, 0) is 6.42 Å². The van der Waals surface area contributed by atoms with Gasteiger partial charge in [-0.2, -0.15) is 0 Å². The fourth-order valence-electron chi connectivity index (χ4n) is 2.81. The topological polar surface area (TPSA) is 0 Å².